The summed E-state index contributed by atoms with van der Waals surface area (Å²) >= 11 is 0. The number of aliphatic carboxylic acids is 1. The van der Waals surface area contributed by atoms with Gasteiger partial charge in [0.15, 0.2) is 0 Å². The molecule has 1 spiro atoms. The molecule has 2 aliphatic rings. The molecular formula is C15H25NO4. The number of carboxylic acid groups (broad SMARTS) is 1. The van der Waals surface area contributed by atoms with Gasteiger partial charge in [0.1, 0.15) is 5.60 Å². The molecule has 114 valence electrons. The molecule has 1 atom stereocenters. The van der Waals surface area contributed by atoms with Crippen LogP contribution in [-0.2, 0) is 9.53 Å². The van der Waals surface area contributed by atoms with E-state index < -0.39 is 17.5 Å². The van der Waals surface area contributed by atoms with Crippen molar-refractivity contribution in [2.24, 2.45) is 11.3 Å². The number of likely N-dealkylation sites (tertiary alicyclic amines) is 1. The van der Waals surface area contributed by atoms with Crippen molar-refractivity contribution >= 4 is 12.1 Å². The standard InChI is InChI=1S/C15H25NO4/c1-14(2,3)20-13(19)16-9-11(12(17)18)15(10-16)7-5-4-6-8-15/h11H,4-10H2,1-3H3,(H,17,18)/t11-/m0/s1. The Labute approximate surface area is 120 Å². The first-order valence-corrected chi connectivity index (χ1v) is 7.44. The molecule has 0 aromatic heterocycles. The summed E-state index contributed by atoms with van der Waals surface area (Å²) in [5, 5.41) is 9.48. The molecule has 2 rings (SSSR count). The van der Waals surface area contributed by atoms with Crippen LogP contribution >= 0.6 is 0 Å². The Kier molecular flexibility index (Phi) is 3.98. The maximum atomic E-state index is 12.2. The van der Waals surface area contributed by atoms with Crippen molar-refractivity contribution in [2.75, 3.05) is 13.1 Å². The molecule has 0 radical (unpaired) electrons. The maximum Gasteiger partial charge on any atom is 0.410 e. The summed E-state index contributed by atoms with van der Waals surface area (Å²) in [5.41, 5.74) is -0.779. The van der Waals surface area contributed by atoms with Crippen molar-refractivity contribution < 1.29 is 19.4 Å². The lowest BCUT2D eigenvalue weighted by Gasteiger charge is -2.36. The molecule has 5 heteroatoms. The van der Waals surface area contributed by atoms with Gasteiger partial charge in [0, 0.05) is 18.5 Å². The van der Waals surface area contributed by atoms with Gasteiger partial charge in [0.05, 0.1) is 5.92 Å². The lowest BCUT2D eigenvalue weighted by atomic mass is 9.68. The molecule has 0 unspecified atom stereocenters. The van der Waals surface area contributed by atoms with E-state index in [4.69, 9.17) is 4.74 Å². The molecule has 1 N–H and O–H groups in total. The van der Waals surface area contributed by atoms with Crippen molar-refractivity contribution in [3.63, 3.8) is 0 Å². The molecule has 1 saturated carbocycles. The Morgan fingerprint density at radius 3 is 2.30 bits per heavy atom. The Bertz CT molecular complexity index is 393. The first-order valence-electron chi connectivity index (χ1n) is 7.44. The zero-order valence-corrected chi connectivity index (χ0v) is 12.6. The van der Waals surface area contributed by atoms with Gasteiger partial charge in [-0.3, -0.25) is 4.79 Å². The summed E-state index contributed by atoms with van der Waals surface area (Å²) < 4.78 is 5.38. The third-order valence-corrected chi connectivity index (χ3v) is 4.45. The smallest absolute Gasteiger partial charge is 0.410 e. The lowest BCUT2D eigenvalue weighted by Crippen LogP contribution is -2.38. The zero-order valence-electron chi connectivity index (χ0n) is 12.6. The highest BCUT2D eigenvalue weighted by atomic mass is 16.6. The van der Waals surface area contributed by atoms with E-state index in [0.29, 0.717) is 6.54 Å². The van der Waals surface area contributed by atoms with Crippen LogP contribution in [0.5, 0.6) is 0 Å². The normalized spacial score (nSPS) is 25.8. The van der Waals surface area contributed by atoms with Crippen LogP contribution < -0.4 is 0 Å². The number of carbonyl (C=O) groups excluding carboxylic acids is 1. The number of hydrogen-bond donors (Lipinski definition) is 1. The molecule has 1 aliphatic carbocycles. The van der Waals surface area contributed by atoms with Gasteiger partial charge < -0.3 is 14.7 Å². The van der Waals surface area contributed by atoms with Gasteiger partial charge in [0.25, 0.3) is 0 Å². The monoisotopic (exact) mass is 283 g/mol. The van der Waals surface area contributed by atoms with E-state index in [2.05, 4.69) is 0 Å². The fourth-order valence-corrected chi connectivity index (χ4v) is 3.54. The summed E-state index contributed by atoms with van der Waals surface area (Å²) in [4.78, 5) is 25.3. The predicted molar refractivity (Wildman–Crippen MR) is 74.5 cm³/mol. The number of ether oxygens (including phenoxy) is 1. The van der Waals surface area contributed by atoms with E-state index in [-0.39, 0.29) is 18.1 Å². The molecule has 0 aromatic rings. The fraction of sp³-hybridized carbons (Fsp3) is 0.867. The Morgan fingerprint density at radius 2 is 1.80 bits per heavy atom. The van der Waals surface area contributed by atoms with E-state index in [1.165, 1.54) is 6.42 Å². The first kappa shape index (κ1) is 15.1. The Morgan fingerprint density at radius 1 is 1.20 bits per heavy atom. The van der Waals surface area contributed by atoms with Crippen LogP contribution in [0.2, 0.25) is 0 Å². The van der Waals surface area contributed by atoms with Crippen LogP contribution in [0.25, 0.3) is 0 Å². The highest BCUT2D eigenvalue weighted by molar-refractivity contribution is 5.75. The number of carbonyl (C=O) groups is 2. The molecule has 1 amide bonds. The van der Waals surface area contributed by atoms with Gasteiger partial charge in [-0.15, -0.1) is 0 Å². The average Bonchev–Trinajstić information content (AvgIpc) is 2.67. The van der Waals surface area contributed by atoms with Gasteiger partial charge in [-0.2, -0.15) is 0 Å². The third kappa shape index (κ3) is 3.07. The van der Waals surface area contributed by atoms with E-state index in [1.807, 2.05) is 20.8 Å². The second-order valence-electron chi connectivity index (χ2n) is 7.17. The summed E-state index contributed by atoms with van der Waals surface area (Å²) in [6.07, 6.45) is 4.72. The largest absolute Gasteiger partial charge is 0.481 e. The molecule has 1 saturated heterocycles. The SMILES string of the molecule is CC(C)(C)OC(=O)N1C[C@@H](C(=O)O)C2(CCCCC2)C1. The molecule has 0 aromatic carbocycles. The third-order valence-electron chi connectivity index (χ3n) is 4.45. The summed E-state index contributed by atoms with van der Waals surface area (Å²) in [6.45, 7) is 6.28. The zero-order chi connectivity index (χ0) is 15.0. The minimum atomic E-state index is -0.780. The molecule has 0 bridgehead atoms. The number of nitrogens with zero attached hydrogens (tertiary/aromatic N) is 1. The van der Waals surface area contributed by atoms with Crippen molar-refractivity contribution in [3.05, 3.63) is 0 Å². The minimum Gasteiger partial charge on any atom is -0.481 e. The summed E-state index contributed by atoms with van der Waals surface area (Å²) in [5.74, 6) is -1.23. The van der Waals surface area contributed by atoms with E-state index >= 15 is 0 Å². The van der Waals surface area contributed by atoms with Crippen LogP contribution in [0.15, 0.2) is 0 Å². The van der Waals surface area contributed by atoms with Crippen LogP contribution in [0.1, 0.15) is 52.9 Å². The molecule has 20 heavy (non-hydrogen) atoms. The van der Waals surface area contributed by atoms with Gasteiger partial charge in [-0.25, -0.2) is 4.79 Å². The van der Waals surface area contributed by atoms with Crippen LogP contribution in [0.3, 0.4) is 0 Å². The quantitative estimate of drug-likeness (QED) is 0.803. The number of hydrogen-bond acceptors (Lipinski definition) is 3. The molecular weight excluding hydrogens is 258 g/mol. The van der Waals surface area contributed by atoms with Gasteiger partial charge in [-0.1, -0.05) is 19.3 Å². The van der Waals surface area contributed by atoms with Crippen LogP contribution in [-0.4, -0.2) is 40.8 Å². The van der Waals surface area contributed by atoms with Crippen LogP contribution in [0, 0.1) is 11.3 Å². The molecule has 2 fully saturated rings. The summed E-state index contributed by atoms with van der Waals surface area (Å²) in [6, 6.07) is 0. The van der Waals surface area contributed by atoms with E-state index in [9.17, 15) is 14.7 Å². The second-order valence-corrected chi connectivity index (χ2v) is 7.17. The van der Waals surface area contributed by atoms with Crippen molar-refractivity contribution in [1.82, 2.24) is 4.90 Å². The fourth-order valence-electron chi connectivity index (χ4n) is 3.54. The topological polar surface area (TPSA) is 66.8 Å². The molecule has 1 heterocycles. The predicted octanol–water partition coefficient (Wildman–Crippen LogP) is 2.89. The number of carboxylic acids is 1. The van der Waals surface area contributed by atoms with Gasteiger partial charge in [-0.05, 0) is 33.6 Å². The van der Waals surface area contributed by atoms with Crippen molar-refractivity contribution in [2.45, 2.75) is 58.5 Å². The highest BCUT2D eigenvalue weighted by Gasteiger charge is 2.52. The number of amides is 1. The first-order chi connectivity index (χ1) is 9.23. The Balaban J connectivity index is 2.12. The minimum absolute atomic E-state index is 0.235. The average molecular weight is 283 g/mol. The van der Waals surface area contributed by atoms with Gasteiger partial charge in [0.2, 0.25) is 0 Å². The Hall–Kier alpha value is -1.26. The summed E-state index contributed by atoms with van der Waals surface area (Å²) in [7, 11) is 0. The highest BCUT2D eigenvalue weighted by Crippen LogP contribution is 2.47. The second kappa shape index (κ2) is 5.26. The molecule has 5 nitrogen and oxygen atoms in total. The van der Waals surface area contributed by atoms with Crippen molar-refractivity contribution in [3.8, 4) is 0 Å². The van der Waals surface area contributed by atoms with E-state index in [0.717, 1.165) is 25.7 Å². The molecule has 1 aliphatic heterocycles. The lowest BCUT2D eigenvalue weighted by molar-refractivity contribution is -0.145. The van der Waals surface area contributed by atoms with Crippen molar-refractivity contribution in [1.29, 1.82) is 0 Å². The number of rotatable bonds is 1. The van der Waals surface area contributed by atoms with Crippen LogP contribution in [0.4, 0.5) is 4.79 Å². The maximum absolute atomic E-state index is 12.2. The van der Waals surface area contributed by atoms with E-state index in [1.54, 1.807) is 4.90 Å². The van der Waals surface area contributed by atoms with Gasteiger partial charge >= 0.3 is 12.1 Å².